The van der Waals surface area contributed by atoms with Crippen molar-refractivity contribution in [1.82, 2.24) is 15.1 Å². The molecule has 0 radical (unpaired) electrons. The van der Waals surface area contributed by atoms with Gasteiger partial charge < -0.3 is 15.1 Å². The SMILES string of the molecule is CC(=O)N(C)C1CCN(C(=O)NC[C@H](C)Cc2cccs2)CC1. The summed E-state index contributed by atoms with van der Waals surface area (Å²) in [5.74, 6) is 0.522. The van der Waals surface area contributed by atoms with Crippen LogP contribution in [0.25, 0.3) is 0 Å². The van der Waals surface area contributed by atoms with Gasteiger partial charge in [0.25, 0.3) is 0 Å². The minimum absolute atomic E-state index is 0.0203. The molecule has 1 N–H and O–H groups in total. The first-order valence-corrected chi connectivity index (χ1v) is 9.14. The van der Waals surface area contributed by atoms with Crippen LogP contribution < -0.4 is 5.32 Å². The number of likely N-dealkylation sites (tertiary alicyclic amines) is 1. The predicted octanol–water partition coefficient (Wildman–Crippen LogP) is 2.58. The molecule has 1 aliphatic heterocycles. The van der Waals surface area contributed by atoms with Crippen LogP contribution in [0.5, 0.6) is 0 Å². The van der Waals surface area contributed by atoms with Crippen LogP contribution in [0.1, 0.15) is 31.6 Å². The normalized spacial score (nSPS) is 16.9. The zero-order valence-electron chi connectivity index (χ0n) is 14.2. The second-order valence-electron chi connectivity index (χ2n) is 6.42. The third-order valence-corrected chi connectivity index (χ3v) is 5.43. The highest BCUT2D eigenvalue weighted by Gasteiger charge is 2.26. The van der Waals surface area contributed by atoms with E-state index in [0.29, 0.717) is 25.6 Å². The largest absolute Gasteiger partial charge is 0.343 e. The van der Waals surface area contributed by atoms with Gasteiger partial charge in [-0.25, -0.2) is 4.79 Å². The molecule has 0 spiro atoms. The van der Waals surface area contributed by atoms with Crippen molar-refractivity contribution >= 4 is 23.3 Å². The Labute approximate surface area is 142 Å². The molecule has 1 saturated heterocycles. The van der Waals surface area contributed by atoms with Crippen molar-refractivity contribution in [3.8, 4) is 0 Å². The quantitative estimate of drug-likeness (QED) is 0.898. The zero-order valence-corrected chi connectivity index (χ0v) is 15.1. The molecule has 2 rings (SSSR count). The molecule has 0 saturated carbocycles. The van der Waals surface area contributed by atoms with Gasteiger partial charge in [-0.3, -0.25) is 4.79 Å². The maximum Gasteiger partial charge on any atom is 0.317 e. The first-order chi connectivity index (χ1) is 11.0. The molecule has 6 heteroatoms. The number of urea groups is 1. The van der Waals surface area contributed by atoms with E-state index in [4.69, 9.17) is 0 Å². The highest BCUT2D eigenvalue weighted by Crippen LogP contribution is 2.16. The molecule has 3 amide bonds. The van der Waals surface area contributed by atoms with Gasteiger partial charge in [0.1, 0.15) is 0 Å². The van der Waals surface area contributed by atoms with Gasteiger partial charge in [0, 0.05) is 44.5 Å². The van der Waals surface area contributed by atoms with Gasteiger partial charge in [-0.2, -0.15) is 0 Å². The van der Waals surface area contributed by atoms with Crippen LogP contribution in [-0.4, -0.2) is 54.5 Å². The number of thiophene rings is 1. The maximum atomic E-state index is 12.3. The third kappa shape index (κ3) is 5.23. The van der Waals surface area contributed by atoms with Crippen molar-refractivity contribution in [3.05, 3.63) is 22.4 Å². The minimum Gasteiger partial charge on any atom is -0.343 e. The Kier molecular flexibility index (Phi) is 6.45. The molecule has 0 unspecified atom stereocenters. The van der Waals surface area contributed by atoms with E-state index in [1.54, 1.807) is 23.2 Å². The lowest BCUT2D eigenvalue weighted by Gasteiger charge is -2.36. The molecular formula is C17H27N3O2S. The summed E-state index contributed by atoms with van der Waals surface area (Å²) in [6.45, 7) is 5.88. The Morgan fingerprint density at radius 1 is 1.43 bits per heavy atom. The summed E-state index contributed by atoms with van der Waals surface area (Å²) in [4.78, 5) is 28.7. The fraction of sp³-hybridized carbons (Fsp3) is 0.647. The summed E-state index contributed by atoms with van der Waals surface area (Å²) in [5, 5.41) is 5.13. The number of carbonyl (C=O) groups excluding carboxylic acids is 2. The number of hydrogen-bond donors (Lipinski definition) is 1. The van der Waals surface area contributed by atoms with Crippen molar-refractivity contribution < 1.29 is 9.59 Å². The van der Waals surface area contributed by atoms with Crippen LogP contribution in [0.2, 0.25) is 0 Å². The molecular weight excluding hydrogens is 310 g/mol. The Bertz CT molecular complexity index is 510. The van der Waals surface area contributed by atoms with Crippen molar-refractivity contribution in [2.24, 2.45) is 5.92 Å². The Morgan fingerprint density at radius 2 is 2.13 bits per heavy atom. The molecule has 1 atom stereocenters. The van der Waals surface area contributed by atoms with Crippen LogP contribution in [-0.2, 0) is 11.2 Å². The van der Waals surface area contributed by atoms with Gasteiger partial charge in [-0.05, 0) is 36.6 Å². The number of amides is 3. The standard InChI is InChI=1S/C17H27N3O2S/c1-13(11-16-5-4-10-23-16)12-18-17(22)20-8-6-15(7-9-20)19(3)14(2)21/h4-5,10,13,15H,6-9,11-12H2,1-3H3,(H,18,22)/t13-/m1/s1. The van der Waals surface area contributed by atoms with Gasteiger partial charge in [-0.15, -0.1) is 11.3 Å². The topological polar surface area (TPSA) is 52.7 Å². The molecule has 0 aliphatic carbocycles. The van der Waals surface area contributed by atoms with Gasteiger partial charge in [-0.1, -0.05) is 13.0 Å². The summed E-state index contributed by atoms with van der Waals surface area (Å²) < 4.78 is 0. The number of nitrogens with one attached hydrogen (secondary N) is 1. The van der Waals surface area contributed by atoms with Crippen LogP contribution >= 0.6 is 11.3 Å². The smallest absolute Gasteiger partial charge is 0.317 e. The fourth-order valence-corrected chi connectivity index (χ4v) is 3.80. The minimum atomic E-state index is 0.0203. The van der Waals surface area contributed by atoms with E-state index in [1.807, 2.05) is 11.9 Å². The van der Waals surface area contributed by atoms with E-state index in [-0.39, 0.29) is 18.0 Å². The predicted molar refractivity (Wildman–Crippen MR) is 93.6 cm³/mol. The summed E-state index contributed by atoms with van der Waals surface area (Å²) in [6, 6.07) is 4.48. The molecule has 1 aliphatic rings. The van der Waals surface area contributed by atoms with E-state index in [0.717, 1.165) is 19.3 Å². The van der Waals surface area contributed by atoms with Crippen molar-refractivity contribution in [1.29, 1.82) is 0 Å². The highest BCUT2D eigenvalue weighted by atomic mass is 32.1. The second kappa shape index (κ2) is 8.34. The molecule has 1 fully saturated rings. The monoisotopic (exact) mass is 337 g/mol. The summed E-state index contributed by atoms with van der Waals surface area (Å²) >= 11 is 1.76. The third-order valence-electron chi connectivity index (χ3n) is 4.53. The summed E-state index contributed by atoms with van der Waals surface area (Å²) in [5.41, 5.74) is 0. The number of piperidine rings is 1. The fourth-order valence-electron chi connectivity index (χ4n) is 2.93. The van der Waals surface area contributed by atoms with Crippen molar-refractivity contribution in [2.75, 3.05) is 26.7 Å². The Hall–Kier alpha value is -1.56. The van der Waals surface area contributed by atoms with E-state index in [1.165, 1.54) is 4.88 Å². The van der Waals surface area contributed by atoms with E-state index in [2.05, 4.69) is 29.8 Å². The molecule has 0 aromatic carbocycles. The second-order valence-corrected chi connectivity index (χ2v) is 7.46. The average Bonchev–Trinajstić information content (AvgIpc) is 3.04. The molecule has 2 heterocycles. The number of carbonyl (C=O) groups is 2. The van der Waals surface area contributed by atoms with Gasteiger partial charge in [0.15, 0.2) is 0 Å². The number of hydrogen-bond acceptors (Lipinski definition) is 3. The average molecular weight is 337 g/mol. The lowest BCUT2D eigenvalue weighted by Crippen LogP contribution is -2.50. The van der Waals surface area contributed by atoms with Crippen LogP contribution in [0.15, 0.2) is 17.5 Å². The molecule has 1 aromatic rings. The maximum absolute atomic E-state index is 12.3. The van der Waals surface area contributed by atoms with Crippen LogP contribution in [0.3, 0.4) is 0 Å². The van der Waals surface area contributed by atoms with E-state index >= 15 is 0 Å². The molecule has 23 heavy (non-hydrogen) atoms. The lowest BCUT2D eigenvalue weighted by atomic mass is 10.0. The number of rotatable bonds is 5. The summed E-state index contributed by atoms with van der Waals surface area (Å²) in [7, 11) is 1.84. The first kappa shape index (κ1) is 17.8. The van der Waals surface area contributed by atoms with Gasteiger partial charge in [0.2, 0.25) is 5.91 Å². The van der Waals surface area contributed by atoms with Crippen LogP contribution in [0, 0.1) is 5.92 Å². The Morgan fingerprint density at radius 3 is 2.70 bits per heavy atom. The highest BCUT2D eigenvalue weighted by molar-refractivity contribution is 7.09. The number of nitrogens with zero attached hydrogens (tertiary/aromatic N) is 2. The van der Waals surface area contributed by atoms with Crippen LogP contribution in [0.4, 0.5) is 4.79 Å². The van der Waals surface area contributed by atoms with Gasteiger partial charge >= 0.3 is 6.03 Å². The van der Waals surface area contributed by atoms with Gasteiger partial charge in [0.05, 0.1) is 0 Å². The van der Waals surface area contributed by atoms with E-state index in [9.17, 15) is 9.59 Å². The molecule has 128 valence electrons. The first-order valence-electron chi connectivity index (χ1n) is 8.26. The molecule has 1 aromatic heterocycles. The Balaban J connectivity index is 1.69. The van der Waals surface area contributed by atoms with E-state index < -0.39 is 0 Å². The molecule has 0 bridgehead atoms. The zero-order chi connectivity index (χ0) is 16.8. The van der Waals surface area contributed by atoms with Crippen molar-refractivity contribution in [2.45, 2.75) is 39.2 Å². The van der Waals surface area contributed by atoms with Crippen molar-refractivity contribution in [3.63, 3.8) is 0 Å². The molecule has 5 nitrogen and oxygen atoms in total. The summed E-state index contributed by atoms with van der Waals surface area (Å²) in [6.07, 6.45) is 2.71. The lowest BCUT2D eigenvalue weighted by molar-refractivity contribution is -0.130.